The van der Waals surface area contributed by atoms with Crippen molar-refractivity contribution in [2.45, 2.75) is 19.3 Å². The minimum absolute atomic E-state index is 0.0790. The first-order valence-electron chi connectivity index (χ1n) is 5.95. The highest BCUT2D eigenvalue weighted by Gasteiger charge is 2.11. The average molecular weight is 289 g/mol. The van der Waals surface area contributed by atoms with Gasteiger partial charge in [0, 0.05) is 32.6 Å². The lowest BCUT2D eigenvalue weighted by atomic mass is 10.3. The number of carbonyl (C=O) groups excluding carboxylic acids is 1. The Labute approximate surface area is 113 Å². The number of nitrogens with zero attached hydrogens (tertiary/aromatic N) is 2. The molecule has 0 bridgehead atoms. The topological polar surface area (TPSA) is 90.3 Å². The molecule has 0 spiro atoms. The zero-order valence-corrected chi connectivity index (χ0v) is 11.9. The first-order chi connectivity index (χ1) is 8.93. The Balaban J connectivity index is 2.25. The Hall–Kier alpha value is -1.41. The molecule has 0 unspecified atom stereocenters. The van der Waals surface area contributed by atoms with Crippen LogP contribution in [-0.4, -0.2) is 43.6 Å². The Morgan fingerprint density at radius 2 is 2.26 bits per heavy atom. The van der Waals surface area contributed by atoms with Crippen LogP contribution in [-0.2, 0) is 33.0 Å². The fourth-order valence-corrected chi connectivity index (χ4v) is 2.59. The molecular formula is C11H19N3O4S. The normalized spacial score (nSPS) is 11.5. The number of rotatable bonds is 8. The summed E-state index contributed by atoms with van der Waals surface area (Å²) in [4.78, 5) is 10.9. The summed E-state index contributed by atoms with van der Waals surface area (Å²) in [5.41, 5.74) is 0.833. The lowest BCUT2D eigenvalue weighted by Gasteiger charge is -2.05. The molecule has 108 valence electrons. The molecule has 0 radical (unpaired) electrons. The van der Waals surface area contributed by atoms with E-state index in [-0.39, 0.29) is 18.6 Å². The second-order valence-corrected chi connectivity index (χ2v) is 6.05. The number of ether oxygens (including phenoxy) is 1. The molecule has 1 aromatic rings. The fourth-order valence-electron chi connectivity index (χ4n) is 1.51. The van der Waals surface area contributed by atoms with Crippen molar-refractivity contribution in [2.75, 3.05) is 19.4 Å². The Kier molecular flexibility index (Phi) is 5.97. The third-order valence-electron chi connectivity index (χ3n) is 2.49. The lowest BCUT2D eigenvalue weighted by Crippen LogP contribution is -2.28. The molecule has 0 aliphatic carbocycles. The number of nitrogens with one attached hydrogen (secondary N) is 1. The van der Waals surface area contributed by atoms with E-state index < -0.39 is 16.0 Å². The van der Waals surface area contributed by atoms with Gasteiger partial charge in [0.25, 0.3) is 0 Å². The van der Waals surface area contributed by atoms with Crippen LogP contribution >= 0.6 is 0 Å². The van der Waals surface area contributed by atoms with Crippen LogP contribution < -0.4 is 4.72 Å². The monoisotopic (exact) mass is 289 g/mol. The maximum Gasteiger partial charge on any atom is 0.305 e. The van der Waals surface area contributed by atoms with Gasteiger partial charge >= 0.3 is 5.97 Å². The van der Waals surface area contributed by atoms with Crippen molar-refractivity contribution in [1.82, 2.24) is 14.5 Å². The molecule has 0 amide bonds. The van der Waals surface area contributed by atoms with E-state index in [2.05, 4.69) is 14.6 Å². The van der Waals surface area contributed by atoms with Crippen molar-refractivity contribution >= 4 is 16.0 Å². The predicted octanol–water partition coefficient (Wildman–Crippen LogP) is -0.165. The van der Waals surface area contributed by atoms with E-state index >= 15 is 0 Å². The van der Waals surface area contributed by atoms with Crippen molar-refractivity contribution in [1.29, 1.82) is 0 Å². The van der Waals surface area contributed by atoms with E-state index in [0.717, 1.165) is 5.69 Å². The summed E-state index contributed by atoms with van der Waals surface area (Å²) in [6.45, 7) is 0.303. The summed E-state index contributed by atoms with van der Waals surface area (Å²) in [6.07, 6.45) is 2.71. The number of aryl methyl sites for hydroxylation is 1. The zero-order valence-electron chi connectivity index (χ0n) is 11.1. The van der Waals surface area contributed by atoms with Crippen molar-refractivity contribution in [3.63, 3.8) is 0 Å². The van der Waals surface area contributed by atoms with Crippen molar-refractivity contribution < 1.29 is 17.9 Å². The van der Waals surface area contributed by atoms with Crippen LogP contribution in [0.5, 0.6) is 0 Å². The molecule has 0 saturated carbocycles. The summed E-state index contributed by atoms with van der Waals surface area (Å²) >= 11 is 0. The van der Waals surface area contributed by atoms with E-state index in [4.69, 9.17) is 0 Å². The molecule has 19 heavy (non-hydrogen) atoms. The lowest BCUT2D eigenvalue weighted by molar-refractivity contribution is -0.140. The van der Waals surface area contributed by atoms with Crippen LogP contribution in [0.2, 0.25) is 0 Å². The van der Waals surface area contributed by atoms with Gasteiger partial charge in [-0.25, -0.2) is 13.1 Å². The molecule has 7 nitrogen and oxygen atoms in total. The summed E-state index contributed by atoms with van der Waals surface area (Å²) in [7, 11) is -0.255. The van der Waals surface area contributed by atoms with Crippen LogP contribution in [0.15, 0.2) is 12.3 Å². The molecule has 0 atom stereocenters. The van der Waals surface area contributed by atoms with Gasteiger partial charge in [0.2, 0.25) is 10.0 Å². The molecule has 0 fully saturated rings. The summed E-state index contributed by atoms with van der Waals surface area (Å²) in [6, 6.07) is 1.84. The molecule has 8 heteroatoms. The Morgan fingerprint density at radius 3 is 2.84 bits per heavy atom. The van der Waals surface area contributed by atoms with Crippen LogP contribution in [0.4, 0.5) is 0 Å². The molecule has 0 aliphatic rings. The molecule has 1 N–H and O–H groups in total. The van der Waals surface area contributed by atoms with Crippen LogP contribution in [0, 0.1) is 0 Å². The summed E-state index contributed by atoms with van der Waals surface area (Å²) in [5, 5.41) is 4.15. The van der Waals surface area contributed by atoms with Crippen LogP contribution in [0.1, 0.15) is 18.5 Å². The Bertz CT molecular complexity index is 510. The van der Waals surface area contributed by atoms with E-state index in [1.165, 1.54) is 7.11 Å². The zero-order chi connectivity index (χ0) is 14.3. The van der Waals surface area contributed by atoms with Gasteiger partial charge in [-0.2, -0.15) is 5.10 Å². The molecule has 1 aromatic heterocycles. The van der Waals surface area contributed by atoms with Gasteiger partial charge in [-0.15, -0.1) is 0 Å². The van der Waals surface area contributed by atoms with Gasteiger partial charge in [0.1, 0.15) is 0 Å². The third kappa shape index (κ3) is 6.35. The molecule has 0 saturated heterocycles. The predicted molar refractivity (Wildman–Crippen MR) is 70.0 cm³/mol. The number of esters is 1. The van der Waals surface area contributed by atoms with Gasteiger partial charge in [0.15, 0.2) is 0 Å². The van der Waals surface area contributed by atoms with Crippen LogP contribution in [0.25, 0.3) is 0 Å². The number of aromatic nitrogens is 2. The number of hydrogen-bond acceptors (Lipinski definition) is 5. The van der Waals surface area contributed by atoms with Gasteiger partial charge in [-0.05, 0) is 12.5 Å². The third-order valence-corrected chi connectivity index (χ3v) is 3.96. The van der Waals surface area contributed by atoms with E-state index in [1.807, 2.05) is 6.07 Å². The SMILES string of the molecule is COC(=O)CCCS(=O)(=O)NCCc1ccn(C)n1. The maximum atomic E-state index is 11.6. The quantitative estimate of drug-likeness (QED) is 0.671. The van der Waals surface area contributed by atoms with Gasteiger partial charge in [-0.3, -0.25) is 9.48 Å². The summed E-state index contributed by atoms with van der Waals surface area (Å²) < 4.78 is 31.8. The first kappa shape index (κ1) is 15.6. The van der Waals surface area contributed by atoms with Crippen molar-refractivity contribution in [3.8, 4) is 0 Å². The molecule has 0 aliphatic heterocycles. The smallest absolute Gasteiger partial charge is 0.305 e. The van der Waals surface area contributed by atoms with E-state index in [9.17, 15) is 13.2 Å². The number of methoxy groups -OCH3 is 1. The number of carbonyl (C=O) groups is 1. The highest BCUT2D eigenvalue weighted by molar-refractivity contribution is 7.89. The highest BCUT2D eigenvalue weighted by atomic mass is 32.2. The minimum atomic E-state index is -3.34. The van der Waals surface area contributed by atoms with Crippen molar-refractivity contribution in [2.24, 2.45) is 7.05 Å². The highest BCUT2D eigenvalue weighted by Crippen LogP contribution is 1.98. The molecular weight excluding hydrogens is 270 g/mol. The maximum absolute atomic E-state index is 11.6. The van der Waals surface area contributed by atoms with E-state index in [1.54, 1.807) is 17.9 Å². The average Bonchev–Trinajstić information content (AvgIpc) is 2.74. The summed E-state index contributed by atoms with van der Waals surface area (Å²) in [5.74, 6) is -0.478. The molecule has 1 rings (SSSR count). The number of sulfonamides is 1. The first-order valence-corrected chi connectivity index (χ1v) is 7.61. The molecule has 1 heterocycles. The second-order valence-electron chi connectivity index (χ2n) is 4.12. The minimum Gasteiger partial charge on any atom is -0.469 e. The fraction of sp³-hybridized carbons (Fsp3) is 0.636. The van der Waals surface area contributed by atoms with Gasteiger partial charge in [0.05, 0.1) is 18.6 Å². The number of hydrogen-bond donors (Lipinski definition) is 1. The van der Waals surface area contributed by atoms with Crippen molar-refractivity contribution in [3.05, 3.63) is 18.0 Å². The standard InChI is InChI=1S/C11H19N3O4S/c1-14-8-6-10(13-14)5-7-12-19(16,17)9-3-4-11(15)18-2/h6,8,12H,3-5,7,9H2,1-2H3. The largest absolute Gasteiger partial charge is 0.469 e. The molecule has 0 aromatic carbocycles. The second kappa shape index (κ2) is 7.25. The van der Waals surface area contributed by atoms with Gasteiger partial charge < -0.3 is 4.74 Å². The van der Waals surface area contributed by atoms with Gasteiger partial charge in [-0.1, -0.05) is 0 Å². The Morgan fingerprint density at radius 1 is 1.53 bits per heavy atom. The van der Waals surface area contributed by atoms with Crippen LogP contribution in [0.3, 0.4) is 0 Å². The van der Waals surface area contributed by atoms with E-state index in [0.29, 0.717) is 13.0 Å².